The van der Waals surface area contributed by atoms with Crippen LogP contribution in [0.3, 0.4) is 0 Å². The molecule has 1 aromatic rings. The number of hydrogen-bond acceptors (Lipinski definition) is 2. The number of rotatable bonds is 2. The Kier molecular flexibility index (Phi) is 3.75. The molecule has 2 N–H and O–H groups in total. The highest BCUT2D eigenvalue weighted by Gasteiger charge is 2.36. The van der Waals surface area contributed by atoms with E-state index in [0.717, 1.165) is 31.6 Å². The van der Waals surface area contributed by atoms with Crippen molar-refractivity contribution >= 4 is 23.2 Å². The Labute approximate surface area is 106 Å². The summed E-state index contributed by atoms with van der Waals surface area (Å²) in [5, 5.41) is 1.42. The van der Waals surface area contributed by atoms with Crippen LogP contribution < -0.4 is 5.73 Å². The van der Waals surface area contributed by atoms with Gasteiger partial charge in [-0.15, -0.1) is 0 Å². The molecule has 0 amide bonds. The molecule has 1 fully saturated rings. The van der Waals surface area contributed by atoms with E-state index in [4.69, 9.17) is 33.7 Å². The lowest BCUT2D eigenvalue weighted by Gasteiger charge is -2.37. The van der Waals surface area contributed by atoms with Gasteiger partial charge in [0.25, 0.3) is 0 Å². The zero-order chi connectivity index (χ0) is 11.6. The fraction of sp³-hybridized carbons (Fsp3) is 0.500. The van der Waals surface area contributed by atoms with Gasteiger partial charge in [0.1, 0.15) is 0 Å². The maximum Gasteiger partial charge on any atom is 0.0475 e. The summed E-state index contributed by atoms with van der Waals surface area (Å²) < 4.78 is 5.39. The summed E-state index contributed by atoms with van der Waals surface area (Å²) in [6.07, 6.45) is 1.76. The van der Waals surface area contributed by atoms with E-state index in [1.165, 1.54) is 0 Å². The summed E-state index contributed by atoms with van der Waals surface area (Å²) in [7, 11) is 0. The summed E-state index contributed by atoms with van der Waals surface area (Å²) in [6.45, 7) is 2.00. The molecule has 2 nitrogen and oxygen atoms in total. The monoisotopic (exact) mass is 259 g/mol. The van der Waals surface area contributed by atoms with E-state index < -0.39 is 0 Å². The first-order chi connectivity index (χ1) is 7.69. The molecule has 0 unspecified atom stereocenters. The molecule has 16 heavy (non-hydrogen) atoms. The van der Waals surface area contributed by atoms with Crippen molar-refractivity contribution in [2.24, 2.45) is 5.73 Å². The fourth-order valence-electron chi connectivity index (χ4n) is 2.32. The number of benzene rings is 1. The normalized spacial score (nSPS) is 19.7. The van der Waals surface area contributed by atoms with Crippen LogP contribution in [0, 0.1) is 0 Å². The number of halogens is 2. The molecule has 1 saturated heterocycles. The van der Waals surface area contributed by atoms with Crippen molar-refractivity contribution in [2.45, 2.75) is 18.3 Å². The summed E-state index contributed by atoms with van der Waals surface area (Å²) in [5.74, 6) is 0. The second-order valence-corrected chi connectivity index (χ2v) is 5.01. The molecule has 4 heteroatoms. The lowest BCUT2D eigenvalue weighted by atomic mass is 9.74. The molecule has 1 aromatic carbocycles. The Morgan fingerprint density at radius 1 is 1.19 bits per heavy atom. The van der Waals surface area contributed by atoms with Crippen LogP contribution in [0.25, 0.3) is 0 Å². The molecular formula is C12H15Cl2NO. The van der Waals surface area contributed by atoms with Gasteiger partial charge in [-0.3, -0.25) is 0 Å². The van der Waals surface area contributed by atoms with Gasteiger partial charge in [-0.05, 0) is 30.5 Å². The predicted octanol–water partition coefficient (Wildman–Crippen LogP) is 3.00. The number of nitrogens with two attached hydrogens (primary N) is 1. The highest BCUT2D eigenvalue weighted by molar-refractivity contribution is 6.36. The fourth-order valence-corrected chi connectivity index (χ4v) is 3.12. The first kappa shape index (κ1) is 12.2. The molecular weight excluding hydrogens is 245 g/mol. The SMILES string of the molecule is NCC1(c2c(Cl)cccc2Cl)CCOCC1. The third-order valence-corrected chi connectivity index (χ3v) is 3.96. The highest BCUT2D eigenvalue weighted by atomic mass is 35.5. The van der Waals surface area contributed by atoms with E-state index in [9.17, 15) is 0 Å². The van der Waals surface area contributed by atoms with Crippen molar-refractivity contribution in [2.75, 3.05) is 19.8 Å². The van der Waals surface area contributed by atoms with Crippen LogP contribution in [0.5, 0.6) is 0 Å². The molecule has 0 aromatic heterocycles. The van der Waals surface area contributed by atoms with Gasteiger partial charge in [-0.2, -0.15) is 0 Å². The molecule has 0 saturated carbocycles. The van der Waals surface area contributed by atoms with Crippen LogP contribution in [0.1, 0.15) is 18.4 Å². The smallest absolute Gasteiger partial charge is 0.0475 e. The van der Waals surface area contributed by atoms with Gasteiger partial charge in [-0.25, -0.2) is 0 Å². The van der Waals surface area contributed by atoms with E-state index in [-0.39, 0.29) is 5.41 Å². The topological polar surface area (TPSA) is 35.2 Å². The van der Waals surface area contributed by atoms with Crippen LogP contribution in [-0.4, -0.2) is 19.8 Å². The second-order valence-electron chi connectivity index (χ2n) is 4.19. The third kappa shape index (κ3) is 2.07. The summed E-state index contributed by atoms with van der Waals surface area (Å²) in [6, 6.07) is 5.60. The van der Waals surface area contributed by atoms with Crippen molar-refractivity contribution in [3.63, 3.8) is 0 Å². The largest absolute Gasteiger partial charge is 0.381 e. The van der Waals surface area contributed by atoms with Gasteiger partial charge in [0.2, 0.25) is 0 Å². The molecule has 0 atom stereocenters. The molecule has 0 radical (unpaired) electrons. The first-order valence-corrected chi connectivity index (χ1v) is 6.17. The van der Waals surface area contributed by atoms with E-state index in [1.807, 2.05) is 18.2 Å². The molecule has 0 bridgehead atoms. The van der Waals surface area contributed by atoms with Gasteiger partial charge in [0, 0.05) is 35.2 Å². The Morgan fingerprint density at radius 3 is 2.25 bits per heavy atom. The van der Waals surface area contributed by atoms with Crippen LogP contribution in [0.4, 0.5) is 0 Å². The second kappa shape index (κ2) is 4.92. The quantitative estimate of drug-likeness (QED) is 0.887. The van der Waals surface area contributed by atoms with E-state index in [2.05, 4.69) is 0 Å². The molecule has 0 spiro atoms. The van der Waals surface area contributed by atoms with Gasteiger partial charge < -0.3 is 10.5 Å². The molecule has 1 aliphatic heterocycles. The summed E-state index contributed by atoms with van der Waals surface area (Å²) >= 11 is 12.5. The predicted molar refractivity (Wildman–Crippen MR) is 67.2 cm³/mol. The Hall–Kier alpha value is -0.280. The van der Waals surface area contributed by atoms with Crippen LogP contribution in [0.2, 0.25) is 10.0 Å². The van der Waals surface area contributed by atoms with Gasteiger partial charge in [0.15, 0.2) is 0 Å². The average Bonchev–Trinajstić information content (AvgIpc) is 2.30. The Morgan fingerprint density at radius 2 is 1.75 bits per heavy atom. The maximum atomic E-state index is 6.25. The number of hydrogen-bond donors (Lipinski definition) is 1. The molecule has 88 valence electrons. The van der Waals surface area contributed by atoms with Gasteiger partial charge >= 0.3 is 0 Å². The van der Waals surface area contributed by atoms with Crippen LogP contribution in [0.15, 0.2) is 18.2 Å². The Balaban J connectivity index is 2.46. The average molecular weight is 260 g/mol. The van der Waals surface area contributed by atoms with E-state index >= 15 is 0 Å². The van der Waals surface area contributed by atoms with E-state index in [0.29, 0.717) is 16.6 Å². The van der Waals surface area contributed by atoms with Crippen LogP contribution in [-0.2, 0) is 10.2 Å². The summed E-state index contributed by atoms with van der Waals surface area (Å²) in [4.78, 5) is 0. The van der Waals surface area contributed by atoms with Gasteiger partial charge in [0.05, 0.1) is 0 Å². The zero-order valence-corrected chi connectivity index (χ0v) is 10.5. The van der Waals surface area contributed by atoms with Crippen molar-refractivity contribution in [3.05, 3.63) is 33.8 Å². The lowest BCUT2D eigenvalue weighted by Crippen LogP contribution is -2.41. The minimum absolute atomic E-state index is 0.117. The first-order valence-electron chi connectivity index (χ1n) is 5.42. The number of ether oxygens (including phenoxy) is 1. The molecule has 1 heterocycles. The minimum atomic E-state index is -0.117. The van der Waals surface area contributed by atoms with Gasteiger partial charge in [-0.1, -0.05) is 29.3 Å². The highest BCUT2D eigenvalue weighted by Crippen LogP contribution is 2.41. The maximum absolute atomic E-state index is 6.25. The van der Waals surface area contributed by atoms with E-state index in [1.54, 1.807) is 0 Å². The van der Waals surface area contributed by atoms with Crippen LogP contribution >= 0.6 is 23.2 Å². The third-order valence-electron chi connectivity index (χ3n) is 3.33. The minimum Gasteiger partial charge on any atom is -0.381 e. The van der Waals surface area contributed by atoms with Crippen molar-refractivity contribution in [1.82, 2.24) is 0 Å². The van der Waals surface area contributed by atoms with Crippen molar-refractivity contribution in [3.8, 4) is 0 Å². The molecule has 1 aliphatic rings. The lowest BCUT2D eigenvalue weighted by molar-refractivity contribution is 0.0530. The molecule has 0 aliphatic carbocycles. The standard InChI is InChI=1S/C12H15Cl2NO/c13-9-2-1-3-10(14)11(9)12(8-15)4-6-16-7-5-12/h1-3H,4-8,15H2. The van der Waals surface area contributed by atoms with Crippen molar-refractivity contribution in [1.29, 1.82) is 0 Å². The van der Waals surface area contributed by atoms with Crippen molar-refractivity contribution < 1.29 is 4.74 Å². The zero-order valence-electron chi connectivity index (χ0n) is 9.01. The Bertz CT molecular complexity index is 355. The summed E-state index contributed by atoms with van der Waals surface area (Å²) in [5.41, 5.74) is 6.81. The molecule has 2 rings (SSSR count).